The van der Waals surface area contributed by atoms with Gasteiger partial charge in [-0.1, -0.05) is 0 Å². The van der Waals surface area contributed by atoms with E-state index in [1.807, 2.05) is 5.01 Å². The van der Waals surface area contributed by atoms with Gasteiger partial charge < -0.3 is 30.1 Å². The fourth-order valence-electron chi connectivity index (χ4n) is 9.12. The molecule has 4 fully saturated rings. The molecule has 6 heterocycles. The van der Waals surface area contributed by atoms with E-state index < -0.39 is 30.3 Å². The van der Waals surface area contributed by atoms with Crippen LogP contribution in [0.5, 0.6) is 5.75 Å². The molecular formula is C42H52F3N11O5. The van der Waals surface area contributed by atoms with Gasteiger partial charge in [0.1, 0.15) is 23.3 Å². The van der Waals surface area contributed by atoms with Gasteiger partial charge in [0.15, 0.2) is 5.82 Å². The number of piperidine rings is 3. The van der Waals surface area contributed by atoms with E-state index in [4.69, 9.17) is 4.74 Å². The Labute approximate surface area is 352 Å². The summed E-state index contributed by atoms with van der Waals surface area (Å²) in [7, 11) is 2.75. The number of imide groups is 1. The van der Waals surface area contributed by atoms with Gasteiger partial charge in [0.25, 0.3) is 11.8 Å². The summed E-state index contributed by atoms with van der Waals surface area (Å²) in [5.41, 5.74) is 5.33. The average molecular weight is 848 g/mol. The summed E-state index contributed by atoms with van der Waals surface area (Å²) < 4.78 is 50.4. The standard InChI is InChI=1S/C42H52F3N11O5/c1-25(2)56-24-42(44,45)39(60)52(3)33-21-46-40(50-36(33)56)48-30-7-5-26(19-34(30)61-4)37(58)51-55-15-11-28(12-16-55)54-22-41(23-54)13-17-53(18-14-41)32-9-6-27(20-29(32)43)47-31-8-10-35(57)49-38(31)59/h5-7,9,19-21,25,28,31,47H,8,10-18,22-24H2,1-4H3,(H,51,58)(H,46,48,50)(H,49,57,59). The van der Waals surface area contributed by atoms with E-state index in [1.54, 1.807) is 44.2 Å². The monoisotopic (exact) mass is 847 g/mol. The van der Waals surface area contributed by atoms with Crippen molar-refractivity contribution in [1.82, 2.24) is 30.6 Å². The predicted octanol–water partition coefficient (Wildman–Crippen LogP) is 4.12. The summed E-state index contributed by atoms with van der Waals surface area (Å²) >= 11 is 0. The average Bonchev–Trinajstić information content (AvgIpc) is 3.30. The number of likely N-dealkylation sites (tertiary alicyclic amines) is 1. The molecule has 4 N–H and O–H groups in total. The Bertz CT molecular complexity index is 2190. The third-order valence-electron chi connectivity index (χ3n) is 12.7. The maximum absolute atomic E-state index is 15.3. The molecule has 16 nitrogen and oxygen atoms in total. The molecule has 326 valence electrons. The van der Waals surface area contributed by atoms with Gasteiger partial charge in [-0.3, -0.25) is 34.8 Å². The fourth-order valence-corrected chi connectivity index (χ4v) is 9.12. The maximum atomic E-state index is 15.3. The molecule has 8 rings (SSSR count). The molecule has 4 saturated heterocycles. The zero-order valence-corrected chi connectivity index (χ0v) is 34.8. The number of benzene rings is 2. The number of anilines is 6. The predicted molar refractivity (Wildman–Crippen MR) is 223 cm³/mol. The first kappa shape index (κ1) is 42.0. The Morgan fingerprint density at radius 1 is 0.967 bits per heavy atom. The van der Waals surface area contributed by atoms with E-state index in [9.17, 15) is 28.0 Å². The molecule has 5 aliphatic heterocycles. The van der Waals surface area contributed by atoms with Crippen LogP contribution in [0.3, 0.4) is 0 Å². The normalized spacial score (nSPS) is 22.1. The number of hydrogen-bond acceptors (Lipinski definition) is 13. The van der Waals surface area contributed by atoms with Crippen molar-refractivity contribution in [3.8, 4) is 5.75 Å². The molecule has 4 amide bonds. The second kappa shape index (κ2) is 16.6. The molecule has 5 aliphatic rings. The van der Waals surface area contributed by atoms with Gasteiger partial charge in [0.05, 0.1) is 31.2 Å². The number of nitrogens with zero attached hydrogens (tertiary/aromatic N) is 7. The Balaban J connectivity index is 0.801. The first-order valence-electron chi connectivity index (χ1n) is 20.8. The number of hydrazine groups is 1. The van der Waals surface area contributed by atoms with Crippen molar-refractivity contribution in [2.75, 3.05) is 85.3 Å². The van der Waals surface area contributed by atoms with Crippen molar-refractivity contribution in [2.24, 2.45) is 5.41 Å². The molecule has 61 heavy (non-hydrogen) atoms. The highest BCUT2D eigenvalue weighted by Crippen LogP contribution is 2.44. The number of fused-ring (bicyclic) bond motifs is 1. The molecule has 2 aromatic carbocycles. The van der Waals surface area contributed by atoms with E-state index in [2.05, 4.69) is 41.1 Å². The second-order valence-corrected chi connectivity index (χ2v) is 17.1. The first-order valence-corrected chi connectivity index (χ1v) is 20.8. The fraction of sp³-hybridized carbons (Fsp3) is 0.524. The maximum Gasteiger partial charge on any atom is 0.342 e. The largest absolute Gasteiger partial charge is 0.495 e. The van der Waals surface area contributed by atoms with Crippen LogP contribution in [0, 0.1) is 11.2 Å². The SMILES string of the molecule is COc1cc(C(=O)NN2CCC(N3CC4(CCN(c5ccc(NC6CCC(=O)NC6=O)cc5F)CC4)C3)CC2)ccc1Nc1ncc2c(n1)N(C(C)C)CC(F)(F)C(=O)N2C. The summed E-state index contributed by atoms with van der Waals surface area (Å²) in [6.45, 7) is 7.62. The minimum atomic E-state index is -3.61. The molecule has 0 saturated carbocycles. The van der Waals surface area contributed by atoms with Crippen molar-refractivity contribution in [2.45, 2.75) is 76.4 Å². The van der Waals surface area contributed by atoms with Crippen LogP contribution in [0.25, 0.3) is 0 Å². The highest BCUT2D eigenvalue weighted by Gasteiger charge is 2.49. The lowest BCUT2D eigenvalue weighted by Gasteiger charge is -2.57. The number of carbonyl (C=O) groups is 4. The van der Waals surface area contributed by atoms with E-state index >= 15 is 4.39 Å². The van der Waals surface area contributed by atoms with E-state index in [1.165, 1.54) is 31.3 Å². The number of hydrogen-bond donors (Lipinski definition) is 4. The van der Waals surface area contributed by atoms with Gasteiger partial charge in [-0.2, -0.15) is 13.8 Å². The lowest BCUT2D eigenvalue weighted by molar-refractivity contribution is -0.140. The molecular weight excluding hydrogens is 796 g/mol. The lowest BCUT2D eigenvalue weighted by Crippen LogP contribution is -2.64. The number of alkyl halides is 2. The molecule has 19 heteroatoms. The summed E-state index contributed by atoms with van der Waals surface area (Å²) in [6, 6.07) is 9.37. The van der Waals surface area contributed by atoms with Gasteiger partial charge in [0.2, 0.25) is 17.8 Å². The van der Waals surface area contributed by atoms with Crippen molar-refractivity contribution >= 4 is 58.1 Å². The van der Waals surface area contributed by atoms with Crippen molar-refractivity contribution in [1.29, 1.82) is 0 Å². The van der Waals surface area contributed by atoms with Crippen molar-refractivity contribution in [3.05, 3.63) is 54.0 Å². The number of aromatic nitrogens is 2. The number of ether oxygens (including phenoxy) is 1. The Morgan fingerprint density at radius 3 is 2.38 bits per heavy atom. The van der Waals surface area contributed by atoms with Crippen LogP contribution in [0.4, 0.5) is 47.7 Å². The first-order chi connectivity index (χ1) is 29.1. The summed E-state index contributed by atoms with van der Waals surface area (Å²) in [4.78, 5) is 65.2. The molecule has 1 unspecified atom stereocenters. The molecule has 3 aromatic rings. The van der Waals surface area contributed by atoms with Crippen molar-refractivity contribution in [3.63, 3.8) is 0 Å². The Kier molecular flexibility index (Phi) is 11.5. The highest BCUT2D eigenvalue weighted by atomic mass is 19.3. The summed E-state index contributed by atoms with van der Waals surface area (Å²) in [5.74, 6) is -5.59. The summed E-state index contributed by atoms with van der Waals surface area (Å²) in [6.07, 6.45) is 5.73. The Hall–Kier alpha value is -5.69. The van der Waals surface area contributed by atoms with Crippen LogP contribution >= 0.6 is 0 Å². The van der Waals surface area contributed by atoms with Gasteiger partial charge >= 0.3 is 5.92 Å². The van der Waals surface area contributed by atoms with Gasteiger partial charge in [-0.15, -0.1) is 0 Å². The molecule has 1 atom stereocenters. The van der Waals surface area contributed by atoms with E-state index in [0.717, 1.165) is 56.8 Å². The molecule has 0 aliphatic carbocycles. The zero-order chi connectivity index (χ0) is 43.2. The second-order valence-electron chi connectivity index (χ2n) is 17.1. The van der Waals surface area contributed by atoms with Crippen LogP contribution in [-0.4, -0.2) is 128 Å². The number of halogens is 3. The quantitative estimate of drug-likeness (QED) is 0.216. The molecule has 1 aromatic heterocycles. The third kappa shape index (κ3) is 8.62. The van der Waals surface area contributed by atoms with Crippen LogP contribution in [0.2, 0.25) is 0 Å². The number of amides is 4. The van der Waals surface area contributed by atoms with E-state index in [-0.39, 0.29) is 53.0 Å². The minimum Gasteiger partial charge on any atom is -0.495 e. The number of methoxy groups -OCH3 is 1. The minimum absolute atomic E-state index is 0.105. The van der Waals surface area contributed by atoms with Crippen LogP contribution in [0.15, 0.2) is 42.6 Å². The third-order valence-corrected chi connectivity index (χ3v) is 12.7. The highest BCUT2D eigenvalue weighted by molar-refractivity contribution is 6.02. The molecule has 1 spiro atoms. The number of carbonyl (C=O) groups excluding carboxylic acids is 4. The van der Waals surface area contributed by atoms with Crippen molar-refractivity contribution < 1.29 is 37.1 Å². The van der Waals surface area contributed by atoms with Gasteiger partial charge in [-0.25, -0.2) is 14.4 Å². The number of rotatable bonds is 10. The zero-order valence-electron chi connectivity index (χ0n) is 34.8. The van der Waals surface area contributed by atoms with Crippen LogP contribution in [0.1, 0.15) is 62.7 Å². The van der Waals surface area contributed by atoms with E-state index in [0.29, 0.717) is 53.9 Å². The topological polar surface area (TPSA) is 168 Å². The molecule has 0 bridgehead atoms. The number of nitrogens with one attached hydrogen (secondary N) is 4. The smallest absolute Gasteiger partial charge is 0.342 e. The Morgan fingerprint density at radius 2 is 1.70 bits per heavy atom. The van der Waals surface area contributed by atoms with Gasteiger partial charge in [-0.05, 0) is 87.8 Å². The van der Waals surface area contributed by atoms with Crippen LogP contribution < -0.4 is 40.8 Å². The van der Waals surface area contributed by atoms with Crippen LogP contribution in [-0.2, 0) is 14.4 Å². The lowest BCUT2D eigenvalue weighted by atomic mass is 9.71. The molecule has 0 radical (unpaired) electrons. The summed E-state index contributed by atoms with van der Waals surface area (Å²) in [5, 5.41) is 10.4. The van der Waals surface area contributed by atoms with Gasteiger partial charge in [0, 0.05) is 76.1 Å².